The van der Waals surface area contributed by atoms with Gasteiger partial charge in [0.25, 0.3) is 5.91 Å². The normalized spacial score (nSPS) is 13.8. The van der Waals surface area contributed by atoms with Crippen molar-refractivity contribution in [1.82, 2.24) is 5.32 Å². The van der Waals surface area contributed by atoms with Crippen molar-refractivity contribution in [1.29, 1.82) is 0 Å². The number of nitrogens with one attached hydrogen (secondary N) is 2. The van der Waals surface area contributed by atoms with Gasteiger partial charge in [0.05, 0.1) is 5.69 Å². The topological polar surface area (TPSA) is 105 Å². The summed E-state index contributed by atoms with van der Waals surface area (Å²) >= 11 is 2.01. The van der Waals surface area contributed by atoms with Gasteiger partial charge in [0.2, 0.25) is 0 Å². The molecule has 0 saturated carbocycles. The largest absolute Gasteiger partial charge is 0.480 e. The molecule has 4 rings (SSSR count). The number of carbonyl (C=O) groups is 3. The summed E-state index contributed by atoms with van der Waals surface area (Å²) < 4.78 is 6.21. The highest BCUT2D eigenvalue weighted by Crippen LogP contribution is 2.44. The average Bonchev–Trinajstić information content (AvgIpc) is 3.17. The summed E-state index contributed by atoms with van der Waals surface area (Å²) in [6.07, 6.45) is -0.349. The Morgan fingerprint density at radius 3 is 2.14 bits per heavy atom. The van der Waals surface area contributed by atoms with Crippen LogP contribution in [0.3, 0.4) is 0 Å². The Labute approximate surface area is 217 Å². The molecule has 1 aliphatic carbocycles. The highest BCUT2D eigenvalue weighted by molar-refractivity contribution is 14.1. The summed E-state index contributed by atoms with van der Waals surface area (Å²) in [5.74, 6) is -1.64. The summed E-state index contributed by atoms with van der Waals surface area (Å²) in [6, 6.07) is 21.0. The molecule has 180 valence electrons. The number of hydrogen-bond donors (Lipinski definition) is 3. The van der Waals surface area contributed by atoms with E-state index < -0.39 is 23.5 Å². The van der Waals surface area contributed by atoms with E-state index in [1.54, 1.807) is 19.1 Å². The molecule has 1 aliphatic rings. The van der Waals surface area contributed by atoms with E-state index in [1.165, 1.54) is 13.0 Å². The van der Waals surface area contributed by atoms with Crippen molar-refractivity contribution in [2.24, 2.45) is 0 Å². The molecular weight excluding hydrogens is 559 g/mol. The van der Waals surface area contributed by atoms with Crippen LogP contribution in [0.4, 0.5) is 10.5 Å². The van der Waals surface area contributed by atoms with E-state index in [2.05, 4.69) is 34.9 Å². The minimum absolute atomic E-state index is 0.0413. The number of aliphatic carboxylic acids is 1. The molecule has 0 heterocycles. The molecular formula is C27H25IN2O5. The Bertz CT molecular complexity index is 1260. The number of hydrogen-bond acceptors (Lipinski definition) is 4. The lowest BCUT2D eigenvalue weighted by molar-refractivity contribution is -0.143. The van der Waals surface area contributed by atoms with Crippen molar-refractivity contribution < 1.29 is 24.2 Å². The van der Waals surface area contributed by atoms with Gasteiger partial charge in [-0.3, -0.25) is 10.1 Å². The number of halogens is 1. The third-order valence-corrected chi connectivity index (χ3v) is 7.27. The number of anilines is 1. The number of rotatable bonds is 7. The van der Waals surface area contributed by atoms with Crippen molar-refractivity contribution in [3.63, 3.8) is 0 Å². The SMILES string of the molecule is CCC(C)(NC(=O)c1ccc(NC(=O)OCC2c3ccccc3-c3ccccc32)c(I)c1)C(=O)O. The molecule has 1 unspecified atom stereocenters. The van der Waals surface area contributed by atoms with E-state index in [4.69, 9.17) is 4.74 Å². The fraction of sp³-hybridized carbons (Fsp3) is 0.222. The number of carboxylic acid groups (broad SMARTS) is 1. The molecule has 1 atom stereocenters. The lowest BCUT2D eigenvalue weighted by Gasteiger charge is -2.24. The van der Waals surface area contributed by atoms with Gasteiger partial charge in [-0.15, -0.1) is 0 Å². The second kappa shape index (κ2) is 10.1. The fourth-order valence-corrected chi connectivity index (χ4v) is 4.77. The van der Waals surface area contributed by atoms with Gasteiger partial charge in [-0.2, -0.15) is 0 Å². The molecule has 0 radical (unpaired) electrons. The smallest absolute Gasteiger partial charge is 0.411 e. The van der Waals surface area contributed by atoms with Crippen LogP contribution < -0.4 is 10.6 Å². The predicted molar refractivity (Wildman–Crippen MR) is 142 cm³/mol. The molecule has 0 aromatic heterocycles. The van der Waals surface area contributed by atoms with Crippen LogP contribution in [0.1, 0.15) is 47.7 Å². The third kappa shape index (κ3) is 5.02. The molecule has 3 N–H and O–H groups in total. The van der Waals surface area contributed by atoms with Crippen molar-refractivity contribution in [2.45, 2.75) is 31.7 Å². The first-order valence-electron chi connectivity index (χ1n) is 11.2. The van der Waals surface area contributed by atoms with Gasteiger partial charge in [-0.1, -0.05) is 55.5 Å². The first-order chi connectivity index (χ1) is 16.7. The minimum atomic E-state index is -1.36. The van der Waals surface area contributed by atoms with Gasteiger partial charge >= 0.3 is 12.1 Å². The second-order valence-corrected chi connectivity index (χ2v) is 9.75. The maximum atomic E-state index is 12.6. The summed E-state index contributed by atoms with van der Waals surface area (Å²) in [5, 5.41) is 14.7. The highest BCUT2D eigenvalue weighted by atomic mass is 127. The van der Waals surface area contributed by atoms with Crippen molar-refractivity contribution >= 4 is 46.2 Å². The zero-order valence-corrected chi connectivity index (χ0v) is 21.5. The van der Waals surface area contributed by atoms with Crippen LogP contribution in [0.15, 0.2) is 66.7 Å². The number of benzene rings is 3. The zero-order valence-electron chi connectivity index (χ0n) is 19.3. The van der Waals surface area contributed by atoms with Gasteiger partial charge in [0.1, 0.15) is 12.1 Å². The lowest BCUT2D eigenvalue weighted by atomic mass is 9.98. The second-order valence-electron chi connectivity index (χ2n) is 8.59. The summed E-state index contributed by atoms with van der Waals surface area (Å²) in [7, 11) is 0. The van der Waals surface area contributed by atoms with Crippen molar-refractivity contribution in [3.05, 3.63) is 87.0 Å². The van der Waals surface area contributed by atoms with Crippen LogP contribution in [0.5, 0.6) is 0 Å². The van der Waals surface area contributed by atoms with E-state index in [0.29, 0.717) is 14.8 Å². The molecule has 3 aromatic rings. The summed E-state index contributed by atoms with van der Waals surface area (Å²) in [6.45, 7) is 3.35. The first kappa shape index (κ1) is 24.7. The van der Waals surface area contributed by atoms with Gasteiger partial charge in [0.15, 0.2) is 0 Å². The Morgan fingerprint density at radius 2 is 1.60 bits per heavy atom. The molecule has 0 saturated heterocycles. The Balaban J connectivity index is 1.41. The molecule has 0 bridgehead atoms. The van der Waals surface area contributed by atoms with Crippen LogP contribution >= 0.6 is 22.6 Å². The van der Waals surface area contributed by atoms with E-state index in [1.807, 2.05) is 46.9 Å². The van der Waals surface area contributed by atoms with Crippen molar-refractivity contribution in [2.75, 3.05) is 11.9 Å². The third-order valence-electron chi connectivity index (χ3n) is 6.38. The quantitative estimate of drug-likeness (QED) is 0.312. The number of fused-ring (bicyclic) bond motifs is 3. The number of ether oxygens (including phenoxy) is 1. The number of amides is 2. The molecule has 3 aromatic carbocycles. The molecule has 2 amide bonds. The number of carbonyl (C=O) groups excluding carboxylic acids is 2. The molecule has 35 heavy (non-hydrogen) atoms. The van der Waals surface area contributed by atoms with Gasteiger partial charge in [0, 0.05) is 15.1 Å². The lowest BCUT2D eigenvalue weighted by Crippen LogP contribution is -2.51. The van der Waals surface area contributed by atoms with Crippen LogP contribution in [0, 0.1) is 3.57 Å². The Kier molecular flexibility index (Phi) is 7.11. The summed E-state index contributed by atoms with van der Waals surface area (Å²) in [5.41, 5.74) is 4.01. The molecule has 0 fully saturated rings. The Hall–Kier alpha value is -3.40. The van der Waals surface area contributed by atoms with Crippen molar-refractivity contribution in [3.8, 4) is 11.1 Å². The van der Waals surface area contributed by atoms with Crippen LogP contribution in [-0.2, 0) is 9.53 Å². The van der Waals surface area contributed by atoms with Crippen LogP contribution in [-0.4, -0.2) is 35.2 Å². The van der Waals surface area contributed by atoms with Crippen LogP contribution in [0.2, 0.25) is 0 Å². The highest BCUT2D eigenvalue weighted by Gasteiger charge is 2.33. The maximum absolute atomic E-state index is 12.6. The van der Waals surface area contributed by atoms with E-state index in [-0.39, 0.29) is 18.9 Å². The maximum Gasteiger partial charge on any atom is 0.411 e. The van der Waals surface area contributed by atoms with E-state index >= 15 is 0 Å². The first-order valence-corrected chi connectivity index (χ1v) is 12.3. The minimum Gasteiger partial charge on any atom is -0.480 e. The average molecular weight is 584 g/mol. The predicted octanol–water partition coefficient (Wildman–Crippen LogP) is 5.64. The zero-order chi connectivity index (χ0) is 25.2. The van der Waals surface area contributed by atoms with Gasteiger partial charge in [-0.05, 0) is 76.4 Å². The Morgan fingerprint density at radius 1 is 1.00 bits per heavy atom. The molecule has 7 nitrogen and oxygen atoms in total. The number of carboxylic acids is 1. The molecule has 0 spiro atoms. The van der Waals surface area contributed by atoms with E-state index in [9.17, 15) is 19.5 Å². The van der Waals surface area contributed by atoms with E-state index in [0.717, 1.165) is 22.3 Å². The summed E-state index contributed by atoms with van der Waals surface area (Å²) in [4.78, 5) is 36.6. The fourth-order valence-electron chi connectivity index (χ4n) is 4.12. The van der Waals surface area contributed by atoms with Crippen LogP contribution in [0.25, 0.3) is 11.1 Å². The standard InChI is InChI=1S/C27H25IN2O5/c1-3-27(2,25(32)33)30-24(31)16-12-13-23(22(28)14-16)29-26(34)35-15-21-19-10-6-4-8-17(19)18-9-5-7-11-20(18)21/h4-14,21H,3,15H2,1-2H3,(H,29,34)(H,30,31)(H,32,33). The molecule has 0 aliphatic heterocycles. The van der Waals surface area contributed by atoms with Gasteiger partial charge in [-0.25, -0.2) is 9.59 Å². The molecule has 8 heteroatoms. The monoisotopic (exact) mass is 584 g/mol. The van der Waals surface area contributed by atoms with Gasteiger partial charge < -0.3 is 15.2 Å².